The first kappa shape index (κ1) is 26.2. The van der Waals surface area contributed by atoms with Crippen LogP contribution in [0, 0.1) is 5.92 Å². The van der Waals surface area contributed by atoms with Crippen molar-refractivity contribution < 1.29 is 14.3 Å². The number of hydrogen-bond donors (Lipinski definition) is 1. The lowest BCUT2D eigenvalue weighted by atomic mass is 9.87. The summed E-state index contributed by atoms with van der Waals surface area (Å²) in [5.41, 5.74) is 4.80. The quantitative estimate of drug-likeness (QED) is 0.303. The van der Waals surface area contributed by atoms with Crippen molar-refractivity contribution in [1.82, 2.24) is 20.2 Å². The average Bonchev–Trinajstić information content (AvgIpc) is 3.72. The number of aromatic nitrogens is 2. The maximum absolute atomic E-state index is 13.6. The van der Waals surface area contributed by atoms with Crippen molar-refractivity contribution in [3.63, 3.8) is 0 Å². The van der Waals surface area contributed by atoms with E-state index < -0.39 is 0 Å². The van der Waals surface area contributed by atoms with Crippen LogP contribution in [-0.4, -0.2) is 33.2 Å². The van der Waals surface area contributed by atoms with Crippen LogP contribution < -0.4 is 10.1 Å². The van der Waals surface area contributed by atoms with Gasteiger partial charge in [-0.3, -0.25) is 14.6 Å². The van der Waals surface area contributed by atoms with Crippen LogP contribution in [-0.2, 0) is 24.4 Å². The van der Waals surface area contributed by atoms with E-state index in [0.29, 0.717) is 12.2 Å². The number of carbonyl (C=O) groups excluding carboxylic acids is 2. The molecule has 2 aromatic heterocycles. The van der Waals surface area contributed by atoms with Crippen LogP contribution in [0.2, 0.25) is 0 Å². The summed E-state index contributed by atoms with van der Waals surface area (Å²) in [6.07, 6.45) is 8.52. The average molecular weight is 553 g/mol. The summed E-state index contributed by atoms with van der Waals surface area (Å²) in [4.78, 5) is 36.8. The third kappa shape index (κ3) is 5.77. The molecule has 3 heterocycles. The molecular formula is C32H32N4O3S. The van der Waals surface area contributed by atoms with Gasteiger partial charge in [-0.1, -0.05) is 55.3 Å². The predicted molar refractivity (Wildman–Crippen MR) is 154 cm³/mol. The fourth-order valence-electron chi connectivity index (χ4n) is 5.72. The molecule has 2 aromatic carbocycles. The molecule has 1 fully saturated rings. The molecule has 0 spiro atoms. The number of carbonyl (C=O) groups is 2. The fraction of sp³-hybridized carbons (Fsp3) is 0.312. The second kappa shape index (κ2) is 12.0. The lowest BCUT2D eigenvalue weighted by Crippen LogP contribution is -2.43. The minimum absolute atomic E-state index is 0.128. The van der Waals surface area contributed by atoms with Gasteiger partial charge in [-0.05, 0) is 59.7 Å². The molecule has 6 rings (SSSR count). The molecule has 1 saturated carbocycles. The topological polar surface area (TPSA) is 84.4 Å². The van der Waals surface area contributed by atoms with Gasteiger partial charge in [-0.15, -0.1) is 11.3 Å². The number of amides is 2. The van der Waals surface area contributed by atoms with Crippen LogP contribution in [0.25, 0.3) is 0 Å². The molecule has 7 nitrogen and oxygen atoms in total. The van der Waals surface area contributed by atoms with Crippen LogP contribution in [0.1, 0.15) is 69.5 Å². The van der Waals surface area contributed by atoms with Crippen LogP contribution >= 0.6 is 11.3 Å². The van der Waals surface area contributed by atoms with E-state index in [1.54, 1.807) is 17.8 Å². The highest BCUT2D eigenvalue weighted by Gasteiger charge is 2.36. The van der Waals surface area contributed by atoms with Crippen LogP contribution in [0.5, 0.6) is 5.75 Å². The Balaban J connectivity index is 1.16. The highest BCUT2D eigenvalue weighted by atomic mass is 32.1. The Morgan fingerprint density at radius 1 is 1.05 bits per heavy atom. The second-order valence-corrected chi connectivity index (χ2v) is 11.3. The number of ether oxygens (including phenoxy) is 1. The van der Waals surface area contributed by atoms with Gasteiger partial charge in [0, 0.05) is 36.8 Å². The van der Waals surface area contributed by atoms with Gasteiger partial charge in [-0.25, -0.2) is 4.98 Å². The minimum atomic E-state index is -0.224. The zero-order chi connectivity index (χ0) is 27.3. The van der Waals surface area contributed by atoms with Gasteiger partial charge >= 0.3 is 0 Å². The number of fused-ring (bicyclic) bond motifs is 1. The van der Waals surface area contributed by atoms with Crippen molar-refractivity contribution in [1.29, 1.82) is 0 Å². The molecule has 1 unspecified atom stereocenters. The van der Waals surface area contributed by atoms with Gasteiger partial charge in [0.1, 0.15) is 23.1 Å². The summed E-state index contributed by atoms with van der Waals surface area (Å²) in [6, 6.07) is 20.1. The molecular weight excluding hydrogens is 520 g/mol. The van der Waals surface area contributed by atoms with E-state index in [9.17, 15) is 9.59 Å². The van der Waals surface area contributed by atoms with Crippen LogP contribution in [0.15, 0.2) is 78.4 Å². The summed E-state index contributed by atoms with van der Waals surface area (Å²) >= 11 is 1.40. The summed E-state index contributed by atoms with van der Waals surface area (Å²) in [7, 11) is 0. The molecule has 2 amide bonds. The number of nitrogens with zero attached hydrogens (tertiary/aromatic N) is 3. The molecule has 1 aliphatic carbocycles. The van der Waals surface area contributed by atoms with Crippen molar-refractivity contribution in [2.24, 2.45) is 5.92 Å². The zero-order valence-corrected chi connectivity index (χ0v) is 23.1. The molecule has 1 atom stereocenters. The van der Waals surface area contributed by atoms with Crippen LogP contribution in [0.4, 0.5) is 0 Å². The number of nitrogens with one attached hydrogen (secondary N) is 1. The Hall–Kier alpha value is -4.04. The summed E-state index contributed by atoms with van der Waals surface area (Å²) in [6.45, 7) is 1.39. The van der Waals surface area contributed by atoms with Crippen molar-refractivity contribution in [2.75, 3.05) is 6.54 Å². The maximum atomic E-state index is 13.6. The Kier molecular flexibility index (Phi) is 7.86. The maximum Gasteiger partial charge on any atom is 0.271 e. The van der Waals surface area contributed by atoms with Crippen molar-refractivity contribution >= 4 is 23.2 Å². The third-order valence-electron chi connectivity index (χ3n) is 7.77. The first-order valence-corrected chi connectivity index (χ1v) is 14.8. The first-order chi connectivity index (χ1) is 19.7. The Bertz CT molecular complexity index is 1470. The zero-order valence-electron chi connectivity index (χ0n) is 22.3. The Morgan fingerprint density at radius 3 is 2.70 bits per heavy atom. The highest BCUT2D eigenvalue weighted by molar-refractivity contribution is 7.09. The van der Waals surface area contributed by atoms with Gasteiger partial charge in [0.2, 0.25) is 5.91 Å². The Morgan fingerprint density at radius 2 is 1.90 bits per heavy atom. The number of benzene rings is 2. The molecule has 0 saturated heterocycles. The largest absolute Gasteiger partial charge is 0.486 e. The molecule has 1 aliphatic heterocycles. The first-order valence-electron chi connectivity index (χ1n) is 13.9. The number of rotatable bonds is 8. The summed E-state index contributed by atoms with van der Waals surface area (Å²) in [5.74, 6) is 0.916. The van der Waals surface area contributed by atoms with E-state index in [2.05, 4.69) is 44.5 Å². The second-order valence-electron chi connectivity index (χ2n) is 10.4. The molecule has 40 heavy (non-hydrogen) atoms. The van der Waals surface area contributed by atoms with Gasteiger partial charge in [0.15, 0.2) is 0 Å². The summed E-state index contributed by atoms with van der Waals surface area (Å²) < 4.78 is 6.16. The number of pyridine rings is 1. The van der Waals surface area contributed by atoms with Gasteiger partial charge in [0.25, 0.3) is 5.91 Å². The standard InChI is InChI=1S/C32H32N4O3S/c37-31(34-19-22-7-6-15-33-18-22)28-21-40-29(35-28)20-39-26-13-12-23-14-16-36(32(38)25-10-4-5-11-25)30(27(23)17-26)24-8-2-1-3-9-24/h1-3,6-9,12-13,15,17-18,21,25,30H,4-5,10-11,14,16,19-20H2,(H,34,37). The van der Waals surface area contributed by atoms with E-state index in [4.69, 9.17) is 4.74 Å². The smallest absolute Gasteiger partial charge is 0.271 e. The van der Waals surface area contributed by atoms with E-state index in [1.165, 1.54) is 16.9 Å². The van der Waals surface area contributed by atoms with Crippen LogP contribution in [0.3, 0.4) is 0 Å². The number of hydrogen-bond acceptors (Lipinski definition) is 6. The molecule has 8 heteroatoms. The number of thiazole rings is 1. The van der Waals surface area contributed by atoms with Crippen molar-refractivity contribution in [3.8, 4) is 5.75 Å². The fourth-order valence-corrected chi connectivity index (χ4v) is 6.41. The molecule has 204 valence electrons. The molecule has 4 aromatic rings. The van der Waals surface area contributed by atoms with Gasteiger partial charge < -0.3 is 15.0 Å². The highest BCUT2D eigenvalue weighted by Crippen LogP contribution is 2.39. The van der Waals surface area contributed by atoms with E-state index in [0.717, 1.165) is 66.1 Å². The molecule has 0 bridgehead atoms. The minimum Gasteiger partial charge on any atom is -0.486 e. The summed E-state index contributed by atoms with van der Waals surface area (Å²) in [5, 5.41) is 5.36. The SMILES string of the molecule is O=C(NCc1cccnc1)c1csc(COc2ccc3c(c2)C(c2ccccc2)N(C(=O)C2CCCC2)CC3)n1. The lowest BCUT2D eigenvalue weighted by Gasteiger charge is -2.39. The monoisotopic (exact) mass is 552 g/mol. The van der Waals surface area contributed by atoms with Crippen molar-refractivity contribution in [2.45, 2.75) is 51.3 Å². The van der Waals surface area contributed by atoms with E-state index in [-0.39, 0.29) is 30.4 Å². The normalized spacial score (nSPS) is 16.9. The molecule has 1 N–H and O–H groups in total. The Labute approximate surface area is 238 Å². The van der Waals surface area contributed by atoms with Crippen molar-refractivity contribution in [3.05, 3.63) is 111 Å². The lowest BCUT2D eigenvalue weighted by molar-refractivity contribution is -0.137. The molecule has 0 radical (unpaired) electrons. The third-order valence-corrected chi connectivity index (χ3v) is 8.59. The van der Waals surface area contributed by atoms with Gasteiger partial charge in [0.05, 0.1) is 6.04 Å². The van der Waals surface area contributed by atoms with Gasteiger partial charge in [-0.2, -0.15) is 0 Å². The predicted octanol–water partition coefficient (Wildman–Crippen LogP) is 5.71. The van der Waals surface area contributed by atoms with E-state index >= 15 is 0 Å². The molecule has 2 aliphatic rings. The van der Waals surface area contributed by atoms with E-state index in [1.807, 2.05) is 36.4 Å².